The van der Waals surface area contributed by atoms with Gasteiger partial charge in [-0.3, -0.25) is 4.79 Å². The van der Waals surface area contributed by atoms with Crippen molar-refractivity contribution in [3.63, 3.8) is 0 Å². The van der Waals surface area contributed by atoms with Gasteiger partial charge in [0.15, 0.2) is 0 Å². The molecule has 1 aliphatic heterocycles. The summed E-state index contributed by atoms with van der Waals surface area (Å²) in [6.07, 6.45) is 2.88. The highest BCUT2D eigenvalue weighted by atomic mass is 35.5. The fraction of sp³-hybridized carbons (Fsp3) is 0.500. The van der Waals surface area contributed by atoms with E-state index < -0.39 is 11.9 Å². The fourth-order valence-electron chi connectivity index (χ4n) is 2.40. The van der Waals surface area contributed by atoms with Gasteiger partial charge in [0, 0.05) is 23.8 Å². The molecular weight excluding hydrogens is 250 g/mol. The third-order valence-corrected chi connectivity index (χ3v) is 3.83. The standard InChI is InChI=1S/C14H18ClNO2/c1-10(14(17)18)9-11-12(15)5-4-6-13(11)16-7-2-3-8-16/h4-6,10H,2-3,7-9H2,1H3,(H,17,18). The molecule has 0 aromatic heterocycles. The summed E-state index contributed by atoms with van der Waals surface area (Å²) in [4.78, 5) is 13.3. The monoisotopic (exact) mass is 267 g/mol. The smallest absolute Gasteiger partial charge is 0.306 e. The number of halogens is 1. The number of nitrogens with zero attached hydrogens (tertiary/aromatic N) is 1. The number of carboxylic acids is 1. The zero-order valence-corrected chi connectivity index (χ0v) is 11.3. The first-order valence-electron chi connectivity index (χ1n) is 6.34. The molecule has 1 fully saturated rings. The minimum atomic E-state index is -0.776. The summed E-state index contributed by atoms with van der Waals surface area (Å²) in [5.41, 5.74) is 2.07. The van der Waals surface area contributed by atoms with Crippen molar-refractivity contribution in [1.29, 1.82) is 0 Å². The molecule has 1 unspecified atom stereocenters. The maximum Gasteiger partial charge on any atom is 0.306 e. The molecule has 1 aromatic carbocycles. The number of rotatable bonds is 4. The largest absolute Gasteiger partial charge is 0.481 e. The SMILES string of the molecule is CC(Cc1c(Cl)cccc1N1CCCC1)C(=O)O. The molecule has 1 atom stereocenters. The summed E-state index contributed by atoms with van der Waals surface area (Å²) in [6.45, 7) is 3.79. The Kier molecular flexibility index (Phi) is 4.12. The first kappa shape index (κ1) is 13.2. The quantitative estimate of drug-likeness (QED) is 0.911. The molecule has 1 N–H and O–H groups in total. The lowest BCUT2D eigenvalue weighted by molar-refractivity contribution is -0.141. The minimum Gasteiger partial charge on any atom is -0.481 e. The van der Waals surface area contributed by atoms with Crippen LogP contribution in [0.3, 0.4) is 0 Å². The van der Waals surface area contributed by atoms with Gasteiger partial charge in [-0.1, -0.05) is 24.6 Å². The van der Waals surface area contributed by atoms with E-state index in [0.717, 1.165) is 24.3 Å². The van der Waals surface area contributed by atoms with E-state index in [9.17, 15) is 4.79 Å². The Bertz CT molecular complexity index is 441. The molecule has 3 nitrogen and oxygen atoms in total. The molecule has 4 heteroatoms. The van der Waals surface area contributed by atoms with Gasteiger partial charge in [-0.2, -0.15) is 0 Å². The van der Waals surface area contributed by atoms with Crippen LogP contribution in [-0.4, -0.2) is 24.2 Å². The van der Waals surface area contributed by atoms with Crippen LogP contribution in [-0.2, 0) is 11.2 Å². The Morgan fingerprint density at radius 3 is 2.72 bits per heavy atom. The molecule has 2 rings (SSSR count). The maximum absolute atomic E-state index is 11.0. The van der Waals surface area contributed by atoms with Gasteiger partial charge in [-0.25, -0.2) is 0 Å². The Hall–Kier alpha value is -1.22. The van der Waals surface area contributed by atoms with Crippen molar-refractivity contribution in [3.8, 4) is 0 Å². The van der Waals surface area contributed by atoms with Crippen molar-refractivity contribution < 1.29 is 9.90 Å². The number of carboxylic acid groups (broad SMARTS) is 1. The Morgan fingerprint density at radius 1 is 1.44 bits per heavy atom. The van der Waals surface area contributed by atoms with Crippen molar-refractivity contribution in [1.82, 2.24) is 0 Å². The zero-order chi connectivity index (χ0) is 13.1. The molecule has 0 aliphatic carbocycles. The molecular formula is C14H18ClNO2. The average Bonchev–Trinajstić information content (AvgIpc) is 2.85. The topological polar surface area (TPSA) is 40.5 Å². The summed E-state index contributed by atoms with van der Waals surface area (Å²) in [7, 11) is 0. The minimum absolute atomic E-state index is 0.411. The highest BCUT2D eigenvalue weighted by Crippen LogP contribution is 2.31. The number of carbonyl (C=O) groups is 1. The van der Waals surface area contributed by atoms with Crippen LogP contribution in [0.2, 0.25) is 5.02 Å². The van der Waals surface area contributed by atoms with E-state index in [2.05, 4.69) is 4.90 Å². The summed E-state index contributed by atoms with van der Waals surface area (Å²) < 4.78 is 0. The van der Waals surface area contributed by atoms with Crippen LogP contribution >= 0.6 is 11.6 Å². The highest BCUT2D eigenvalue weighted by molar-refractivity contribution is 6.31. The van der Waals surface area contributed by atoms with Crippen molar-refractivity contribution in [2.45, 2.75) is 26.2 Å². The molecule has 0 bridgehead atoms. The van der Waals surface area contributed by atoms with E-state index in [1.165, 1.54) is 12.8 Å². The molecule has 98 valence electrons. The second-order valence-corrected chi connectivity index (χ2v) is 5.28. The lowest BCUT2D eigenvalue weighted by Crippen LogP contribution is -2.21. The molecule has 0 saturated carbocycles. The second-order valence-electron chi connectivity index (χ2n) is 4.88. The summed E-state index contributed by atoms with van der Waals surface area (Å²) >= 11 is 6.24. The third-order valence-electron chi connectivity index (χ3n) is 3.47. The van der Waals surface area contributed by atoms with Gasteiger partial charge in [-0.05, 0) is 37.0 Å². The molecule has 0 spiro atoms. The number of anilines is 1. The molecule has 1 aliphatic rings. The highest BCUT2D eigenvalue weighted by Gasteiger charge is 2.20. The number of aliphatic carboxylic acids is 1. The van der Waals surface area contributed by atoms with Crippen LogP contribution in [0.25, 0.3) is 0 Å². The predicted molar refractivity (Wildman–Crippen MR) is 73.4 cm³/mol. The predicted octanol–water partition coefficient (Wildman–Crippen LogP) is 3.20. The van der Waals surface area contributed by atoms with E-state index in [1.807, 2.05) is 18.2 Å². The van der Waals surface area contributed by atoms with Crippen LogP contribution in [0.1, 0.15) is 25.3 Å². The van der Waals surface area contributed by atoms with Crippen LogP contribution in [0.5, 0.6) is 0 Å². The molecule has 1 heterocycles. The molecule has 0 amide bonds. The summed E-state index contributed by atoms with van der Waals surface area (Å²) in [6, 6.07) is 5.82. The molecule has 18 heavy (non-hydrogen) atoms. The van der Waals surface area contributed by atoms with Gasteiger partial charge >= 0.3 is 5.97 Å². The van der Waals surface area contributed by atoms with Gasteiger partial charge in [0.05, 0.1) is 5.92 Å². The van der Waals surface area contributed by atoms with E-state index in [4.69, 9.17) is 16.7 Å². The van der Waals surface area contributed by atoms with Crippen molar-refractivity contribution in [2.24, 2.45) is 5.92 Å². The zero-order valence-electron chi connectivity index (χ0n) is 10.5. The fourth-order valence-corrected chi connectivity index (χ4v) is 2.64. The first-order chi connectivity index (χ1) is 8.59. The molecule has 1 saturated heterocycles. The van der Waals surface area contributed by atoms with Crippen LogP contribution in [0.15, 0.2) is 18.2 Å². The number of benzene rings is 1. The summed E-state index contributed by atoms with van der Waals surface area (Å²) in [5.74, 6) is -1.19. The van der Waals surface area contributed by atoms with Crippen LogP contribution < -0.4 is 4.90 Å². The van der Waals surface area contributed by atoms with Gasteiger partial charge < -0.3 is 10.0 Å². The van der Waals surface area contributed by atoms with Gasteiger partial charge in [0.2, 0.25) is 0 Å². The Morgan fingerprint density at radius 2 is 2.11 bits per heavy atom. The van der Waals surface area contributed by atoms with Crippen LogP contribution in [0, 0.1) is 5.92 Å². The van der Waals surface area contributed by atoms with E-state index in [1.54, 1.807) is 6.92 Å². The van der Waals surface area contributed by atoms with Crippen molar-refractivity contribution in [3.05, 3.63) is 28.8 Å². The summed E-state index contributed by atoms with van der Waals surface area (Å²) in [5, 5.41) is 9.71. The van der Waals surface area contributed by atoms with E-state index in [-0.39, 0.29) is 0 Å². The van der Waals surface area contributed by atoms with Crippen molar-refractivity contribution >= 4 is 23.3 Å². The number of hydrogen-bond acceptors (Lipinski definition) is 2. The third kappa shape index (κ3) is 2.78. The van der Waals surface area contributed by atoms with Gasteiger partial charge in [-0.15, -0.1) is 0 Å². The Labute approximate surface area is 112 Å². The average molecular weight is 268 g/mol. The lowest BCUT2D eigenvalue weighted by atomic mass is 9.99. The normalized spacial score (nSPS) is 16.9. The molecule has 1 aromatic rings. The first-order valence-corrected chi connectivity index (χ1v) is 6.72. The van der Waals surface area contributed by atoms with Gasteiger partial charge in [0.1, 0.15) is 0 Å². The van der Waals surface area contributed by atoms with Gasteiger partial charge in [0.25, 0.3) is 0 Å². The van der Waals surface area contributed by atoms with Crippen molar-refractivity contribution in [2.75, 3.05) is 18.0 Å². The number of hydrogen-bond donors (Lipinski definition) is 1. The molecule has 0 radical (unpaired) electrons. The maximum atomic E-state index is 11.0. The van der Waals surface area contributed by atoms with Crippen LogP contribution in [0.4, 0.5) is 5.69 Å². The second kappa shape index (κ2) is 5.61. The van der Waals surface area contributed by atoms with E-state index >= 15 is 0 Å². The van der Waals surface area contributed by atoms with E-state index in [0.29, 0.717) is 11.4 Å². The Balaban J connectivity index is 2.28. The lowest BCUT2D eigenvalue weighted by Gasteiger charge is -2.23.